The molecule has 6 N–H and O–H groups in total. The number of aliphatic hydroxyl groups excluding tert-OH is 1. The first-order valence-corrected chi connectivity index (χ1v) is 16.9. The van der Waals surface area contributed by atoms with Gasteiger partial charge in [-0.15, -0.1) is 6.42 Å². The molecule has 0 radical (unpaired) electrons. The van der Waals surface area contributed by atoms with E-state index < -0.39 is 102 Å². The van der Waals surface area contributed by atoms with Crippen LogP contribution >= 0.6 is 22.6 Å². The first-order chi connectivity index (χ1) is 25.2. The van der Waals surface area contributed by atoms with Crippen molar-refractivity contribution in [2.45, 2.75) is 77.2 Å². The Morgan fingerprint density at radius 3 is 1.80 bits per heavy atom. The fraction of sp³-hybridized carbons (Fsp3) is 0.471. The number of terminal acetylenes is 1. The molecule has 0 heterocycles. The number of nitrogens with zero attached hydrogens (tertiary/aromatic N) is 1. The Balaban J connectivity index is 2.69. The van der Waals surface area contributed by atoms with Crippen LogP contribution in [0.5, 0.6) is 0 Å². The number of hydrogen-bond acceptors (Lipinski definition) is 7. The quantitative estimate of drug-likeness (QED) is 0.0628. The summed E-state index contributed by atoms with van der Waals surface area (Å²) in [4.78, 5) is 50.5. The molecular weight excluding hydrogens is 869 g/mol. The van der Waals surface area contributed by atoms with Crippen LogP contribution in [0.3, 0.4) is 0 Å². The Morgan fingerprint density at radius 1 is 0.873 bits per heavy atom. The predicted molar refractivity (Wildman–Crippen MR) is 188 cm³/mol. The minimum Gasteiger partial charge on any atom is -0.465 e. The Labute approximate surface area is 323 Å². The van der Waals surface area contributed by atoms with Crippen LogP contribution in [0.4, 0.5) is 44.7 Å². The lowest BCUT2D eigenvalue weighted by molar-refractivity contribution is -0.221. The number of benzene rings is 2. The highest BCUT2D eigenvalue weighted by molar-refractivity contribution is 14.1. The number of amides is 4. The summed E-state index contributed by atoms with van der Waals surface area (Å²) in [6, 6.07) is 1.02. The van der Waals surface area contributed by atoms with Crippen molar-refractivity contribution in [3.63, 3.8) is 0 Å². The monoisotopic (exact) mass is 907 g/mol. The average Bonchev–Trinajstić information content (AvgIpc) is 3.06. The molecule has 2 aromatic carbocycles. The first-order valence-electron chi connectivity index (χ1n) is 15.9. The molecule has 4 unspecified atom stereocenters. The zero-order valence-electron chi connectivity index (χ0n) is 29.8. The van der Waals surface area contributed by atoms with E-state index >= 15 is 8.78 Å². The molecule has 0 fully saturated rings. The fourth-order valence-corrected chi connectivity index (χ4v) is 5.31. The van der Waals surface area contributed by atoms with Gasteiger partial charge in [0.1, 0.15) is 23.7 Å². The van der Waals surface area contributed by atoms with Crippen molar-refractivity contribution in [2.24, 2.45) is 10.8 Å². The van der Waals surface area contributed by atoms with E-state index in [2.05, 4.69) is 10.1 Å². The van der Waals surface area contributed by atoms with Gasteiger partial charge in [-0.05, 0) is 86.5 Å². The number of nitrogens with one attached hydrogen (secondary N) is 4. The van der Waals surface area contributed by atoms with E-state index in [4.69, 9.17) is 6.42 Å². The van der Waals surface area contributed by atoms with Crippen molar-refractivity contribution in [1.82, 2.24) is 26.4 Å². The summed E-state index contributed by atoms with van der Waals surface area (Å²) in [5.74, 6) is -3.76. The van der Waals surface area contributed by atoms with Gasteiger partial charge < -0.3 is 30.9 Å². The van der Waals surface area contributed by atoms with Crippen molar-refractivity contribution >= 4 is 46.6 Å². The van der Waals surface area contributed by atoms with E-state index in [9.17, 15) is 55.7 Å². The van der Waals surface area contributed by atoms with E-state index in [1.165, 1.54) is 17.4 Å². The summed E-state index contributed by atoms with van der Waals surface area (Å²) in [5.41, 5.74) is -4.78. The second kappa shape index (κ2) is 18.5. The molecule has 0 aromatic heterocycles. The number of carbonyl (C=O) groups is 4. The van der Waals surface area contributed by atoms with Gasteiger partial charge in [-0.1, -0.05) is 18.1 Å². The summed E-state index contributed by atoms with van der Waals surface area (Å²) < 4.78 is 120. The van der Waals surface area contributed by atoms with Crippen LogP contribution in [-0.4, -0.2) is 89.5 Å². The topological polar surface area (TPSA) is 169 Å². The van der Waals surface area contributed by atoms with Crippen molar-refractivity contribution in [3.05, 3.63) is 68.3 Å². The molecule has 55 heavy (non-hydrogen) atoms. The number of alkyl carbamates (subject to hydrolysis) is 1. The number of aliphatic hydroxyl groups is 1. The molecule has 0 bridgehead atoms. The maximum atomic E-state index is 15.1. The first kappa shape index (κ1) is 46.7. The van der Waals surface area contributed by atoms with Gasteiger partial charge in [0.15, 0.2) is 0 Å². The van der Waals surface area contributed by atoms with Gasteiger partial charge in [-0.25, -0.2) is 23.4 Å². The third kappa shape index (κ3) is 12.3. The van der Waals surface area contributed by atoms with E-state index in [0.717, 1.165) is 22.8 Å². The van der Waals surface area contributed by atoms with Crippen LogP contribution in [0.1, 0.15) is 44.4 Å². The van der Waals surface area contributed by atoms with Crippen LogP contribution in [0.2, 0.25) is 0 Å². The van der Waals surface area contributed by atoms with Gasteiger partial charge in [0.2, 0.25) is 5.91 Å². The van der Waals surface area contributed by atoms with Crippen LogP contribution in [0, 0.1) is 38.4 Å². The Hall–Kier alpha value is -4.43. The standard InChI is InChI=1S/C34H38F8IN5O7/c1-7-17-12-21(35)20(22(36)13-17)15-48(47-28(51)26(46-30(54)55-6)32(4,5)34(40,41)42)16-24(49)23(14-18-8-10-19(43)11-9-18)44-27(50)25(45-29(52)53)31(2,3)33(37,38)39/h1,8-13,23-26,45,49H,14-16H2,2-6H3,(H,44,50)(H,46,54)(H,47,51)(H,52,53). The SMILES string of the molecule is C#Cc1cc(F)c(CN(CC(O)C(Cc2ccc(I)cc2)NC(=O)C(NC(=O)O)C(C)(C)C(F)(F)F)NC(=O)C(NC(=O)OC)C(C)(C)C(F)(F)F)c(F)c1. The molecular formula is C34H38F8IN5O7. The molecule has 0 aliphatic heterocycles. The van der Waals surface area contributed by atoms with Crippen LogP contribution in [-0.2, 0) is 27.3 Å². The minimum atomic E-state index is -5.16. The maximum Gasteiger partial charge on any atom is 0.407 e. The van der Waals surface area contributed by atoms with E-state index in [1.807, 2.05) is 33.9 Å². The number of hydrogen-bond donors (Lipinski definition) is 6. The fourth-order valence-electron chi connectivity index (χ4n) is 4.95. The van der Waals surface area contributed by atoms with E-state index in [1.54, 1.807) is 17.4 Å². The molecule has 0 saturated carbocycles. The normalized spacial score (nSPS) is 14.5. The number of halogens is 9. The number of rotatable bonds is 15. The average molecular weight is 908 g/mol. The highest BCUT2D eigenvalue weighted by atomic mass is 127. The molecule has 0 aliphatic carbocycles. The summed E-state index contributed by atoms with van der Waals surface area (Å²) in [6.07, 6.45) is -11.0. The number of alkyl halides is 6. The number of carbonyl (C=O) groups excluding carboxylic acids is 3. The van der Waals surface area contributed by atoms with Crippen molar-refractivity contribution in [2.75, 3.05) is 13.7 Å². The summed E-state index contributed by atoms with van der Waals surface area (Å²) in [7, 11) is 0.799. The summed E-state index contributed by atoms with van der Waals surface area (Å²) in [5, 5.41) is 26.8. The van der Waals surface area contributed by atoms with Gasteiger partial charge in [-0.2, -0.15) is 26.3 Å². The second-order valence-corrected chi connectivity index (χ2v) is 14.6. The van der Waals surface area contributed by atoms with E-state index in [0.29, 0.717) is 38.3 Å². The Kier molecular flexibility index (Phi) is 15.7. The van der Waals surface area contributed by atoms with Gasteiger partial charge in [0.05, 0.1) is 30.1 Å². The number of hydrazine groups is 1. The zero-order chi connectivity index (χ0) is 42.3. The Bertz CT molecular complexity index is 1730. The highest BCUT2D eigenvalue weighted by Crippen LogP contribution is 2.41. The smallest absolute Gasteiger partial charge is 0.407 e. The molecule has 4 amide bonds. The molecule has 4 atom stereocenters. The van der Waals surface area contributed by atoms with Gasteiger partial charge in [0.25, 0.3) is 5.91 Å². The van der Waals surface area contributed by atoms with Gasteiger partial charge >= 0.3 is 24.5 Å². The lowest BCUT2D eigenvalue weighted by Gasteiger charge is -2.38. The van der Waals surface area contributed by atoms with E-state index in [-0.39, 0.29) is 12.0 Å². The van der Waals surface area contributed by atoms with Gasteiger partial charge in [-0.3, -0.25) is 15.0 Å². The molecule has 2 rings (SSSR count). The molecule has 0 saturated heterocycles. The number of ether oxygens (including phenoxy) is 1. The maximum absolute atomic E-state index is 15.1. The van der Waals surface area contributed by atoms with Crippen LogP contribution in [0.25, 0.3) is 0 Å². The molecule has 0 aliphatic rings. The number of carboxylic acid groups (broad SMARTS) is 1. The number of methoxy groups -OCH3 is 1. The molecule has 2 aromatic rings. The van der Waals surface area contributed by atoms with Crippen LogP contribution in [0.15, 0.2) is 36.4 Å². The third-order valence-electron chi connectivity index (χ3n) is 8.64. The molecule has 0 spiro atoms. The largest absolute Gasteiger partial charge is 0.465 e. The third-order valence-corrected chi connectivity index (χ3v) is 9.36. The van der Waals surface area contributed by atoms with Crippen molar-refractivity contribution in [3.8, 4) is 12.3 Å². The summed E-state index contributed by atoms with van der Waals surface area (Å²) in [6.45, 7) is 0.155. The van der Waals surface area contributed by atoms with Crippen molar-refractivity contribution < 1.29 is 69.3 Å². The molecule has 304 valence electrons. The molecule has 21 heteroatoms. The predicted octanol–water partition coefficient (Wildman–Crippen LogP) is 5.01. The summed E-state index contributed by atoms with van der Waals surface area (Å²) >= 11 is 1.96. The zero-order valence-corrected chi connectivity index (χ0v) is 31.9. The lowest BCUT2D eigenvalue weighted by atomic mass is 9.82. The van der Waals surface area contributed by atoms with Crippen molar-refractivity contribution in [1.29, 1.82) is 0 Å². The second-order valence-electron chi connectivity index (χ2n) is 13.3. The molecule has 12 nitrogen and oxygen atoms in total. The Morgan fingerprint density at radius 2 is 1.36 bits per heavy atom. The van der Waals surface area contributed by atoms with Gasteiger partial charge in [0, 0.05) is 27.8 Å². The lowest BCUT2D eigenvalue weighted by Crippen LogP contribution is -2.63. The minimum absolute atomic E-state index is 0.254. The highest BCUT2D eigenvalue weighted by Gasteiger charge is 2.57. The van der Waals surface area contributed by atoms with Crippen LogP contribution < -0.4 is 21.4 Å².